The van der Waals surface area contributed by atoms with E-state index >= 15 is 0 Å². The Balaban J connectivity index is 1.68. The monoisotopic (exact) mass is 357 g/mol. The summed E-state index contributed by atoms with van der Waals surface area (Å²) in [6.45, 7) is 4.39. The number of ether oxygens (including phenoxy) is 1. The first kappa shape index (κ1) is 18.0. The summed E-state index contributed by atoms with van der Waals surface area (Å²) in [5.41, 5.74) is 12.9. The second-order valence-corrected chi connectivity index (χ2v) is 7.69. The molecule has 1 heterocycles. The molecular weight excluding hydrogens is 330 g/mol. The van der Waals surface area contributed by atoms with Gasteiger partial charge in [0.25, 0.3) is 0 Å². The molecule has 2 unspecified atom stereocenters. The Morgan fingerprint density at radius 2 is 2.00 bits per heavy atom. The SMILES string of the molecule is CCC(Oc1cccc(Sc2ccc(N)c(N)c2)c1)C1CCCNC1. The van der Waals surface area contributed by atoms with Gasteiger partial charge in [-0.25, -0.2) is 0 Å². The second-order valence-electron chi connectivity index (χ2n) is 6.54. The fourth-order valence-electron chi connectivity index (χ4n) is 3.25. The lowest BCUT2D eigenvalue weighted by Gasteiger charge is -2.30. The molecule has 5 heteroatoms. The highest BCUT2D eigenvalue weighted by atomic mass is 32.2. The van der Waals surface area contributed by atoms with E-state index in [-0.39, 0.29) is 6.10 Å². The second kappa shape index (κ2) is 8.50. The summed E-state index contributed by atoms with van der Waals surface area (Å²) < 4.78 is 6.33. The first-order chi connectivity index (χ1) is 12.2. The maximum atomic E-state index is 6.33. The number of nitrogens with one attached hydrogen (secondary N) is 1. The Morgan fingerprint density at radius 3 is 2.72 bits per heavy atom. The summed E-state index contributed by atoms with van der Waals surface area (Å²) in [5.74, 6) is 1.53. The van der Waals surface area contributed by atoms with E-state index in [4.69, 9.17) is 16.2 Å². The summed E-state index contributed by atoms with van der Waals surface area (Å²) in [7, 11) is 0. The topological polar surface area (TPSA) is 73.3 Å². The lowest BCUT2D eigenvalue weighted by Crippen LogP contribution is -2.39. The summed E-state index contributed by atoms with van der Waals surface area (Å²) >= 11 is 1.67. The van der Waals surface area contributed by atoms with Crippen LogP contribution in [0, 0.1) is 5.92 Å². The standard InChI is InChI=1S/C20H27N3OS/c1-2-20(14-5-4-10-23-13-14)24-15-6-3-7-16(11-15)25-17-8-9-18(21)19(22)12-17/h3,6-9,11-12,14,20,23H,2,4-5,10,13,21-22H2,1H3. The quantitative estimate of drug-likeness (QED) is 0.677. The zero-order valence-corrected chi connectivity index (χ0v) is 15.5. The number of rotatable bonds is 6. The smallest absolute Gasteiger partial charge is 0.120 e. The zero-order chi connectivity index (χ0) is 17.6. The third kappa shape index (κ3) is 4.83. The van der Waals surface area contributed by atoms with Gasteiger partial charge >= 0.3 is 0 Å². The summed E-state index contributed by atoms with van der Waals surface area (Å²) in [6.07, 6.45) is 3.77. The van der Waals surface area contributed by atoms with E-state index in [2.05, 4.69) is 24.4 Å². The van der Waals surface area contributed by atoms with Gasteiger partial charge in [-0.2, -0.15) is 0 Å². The zero-order valence-electron chi connectivity index (χ0n) is 14.7. The number of hydrogen-bond acceptors (Lipinski definition) is 5. The number of hydrogen-bond donors (Lipinski definition) is 3. The van der Waals surface area contributed by atoms with Crippen LogP contribution in [-0.4, -0.2) is 19.2 Å². The molecule has 4 nitrogen and oxygen atoms in total. The molecule has 3 rings (SSSR count). The van der Waals surface area contributed by atoms with E-state index < -0.39 is 0 Å². The Hall–Kier alpha value is -1.85. The molecule has 0 aromatic heterocycles. The molecule has 5 N–H and O–H groups in total. The number of benzene rings is 2. The predicted octanol–water partition coefficient (Wildman–Crippen LogP) is 4.16. The maximum absolute atomic E-state index is 6.33. The van der Waals surface area contributed by atoms with E-state index in [0.29, 0.717) is 17.3 Å². The molecule has 0 saturated carbocycles. The third-order valence-corrected chi connectivity index (χ3v) is 5.63. The van der Waals surface area contributed by atoms with Crippen LogP contribution in [0.25, 0.3) is 0 Å². The van der Waals surface area contributed by atoms with Crippen LogP contribution in [0.15, 0.2) is 52.3 Å². The fourth-order valence-corrected chi connectivity index (χ4v) is 4.16. The Bertz CT molecular complexity index is 701. The van der Waals surface area contributed by atoms with Crippen LogP contribution in [0.2, 0.25) is 0 Å². The molecule has 1 aliphatic heterocycles. The van der Waals surface area contributed by atoms with Crippen molar-refractivity contribution in [2.75, 3.05) is 24.6 Å². The lowest BCUT2D eigenvalue weighted by molar-refractivity contribution is 0.111. The molecule has 0 bridgehead atoms. The van der Waals surface area contributed by atoms with Gasteiger partial charge < -0.3 is 21.5 Å². The van der Waals surface area contributed by atoms with Gasteiger partial charge in [0.15, 0.2) is 0 Å². The van der Waals surface area contributed by atoms with Crippen LogP contribution in [0.4, 0.5) is 11.4 Å². The van der Waals surface area contributed by atoms with Gasteiger partial charge in [0.05, 0.1) is 11.4 Å². The van der Waals surface area contributed by atoms with Crippen molar-refractivity contribution in [2.45, 2.75) is 42.1 Å². The van der Waals surface area contributed by atoms with Crippen molar-refractivity contribution in [1.82, 2.24) is 5.32 Å². The number of piperidine rings is 1. The summed E-state index contributed by atoms with van der Waals surface area (Å²) in [5, 5.41) is 3.48. The van der Waals surface area contributed by atoms with Gasteiger partial charge in [0.2, 0.25) is 0 Å². The van der Waals surface area contributed by atoms with E-state index in [9.17, 15) is 0 Å². The summed E-state index contributed by atoms with van der Waals surface area (Å²) in [6, 6.07) is 14.0. The van der Waals surface area contributed by atoms with Crippen LogP contribution in [0.1, 0.15) is 26.2 Å². The van der Waals surface area contributed by atoms with Crippen LogP contribution in [-0.2, 0) is 0 Å². The molecule has 0 aliphatic carbocycles. The van der Waals surface area contributed by atoms with E-state index in [1.165, 1.54) is 12.8 Å². The van der Waals surface area contributed by atoms with Crippen LogP contribution in [0.3, 0.4) is 0 Å². The van der Waals surface area contributed by atoms with Gasteiger partial charge in [0.1, 0.15) is 11.9 Å². The molecule has 25 heavy (non-hydrogen) atoms. The molecule has 0 radical (unpaired) electrons. The fraction of sp³-hybridized carbons (Fsp3) is 0.400. The van der Waals surface area contributed by atoms with Crippen molar-refractivity contribution in [3.63, 3.8) is 0 Å². The molecule has 2 atom stereocenters. The molecule has 1 aliphatic rings. The molecule has 2 aromatic carbocycles. The van der Waals surface area contributed by atoms with Crippen molar-refractivity contribution in [2.24, 2.45) is 5.92 Å². The van der Waals surface area contributed by atoms with E-state index in [0.717, 1.165) is 35.1 Å². The van der Waals surface area contributed by atoms with Gasteiger partial charge in [-0.1, -0.05) is 24.8 Å². The average Bonchev–Trinajstić information content (AvgIpc) is 2.64. The first-order valence-electron chi connectivity index (χ1n) is 8.96. The highest BCUT2D eigenvalue weighted by Crippen LogP contribution is 2.33. The normalized spacial score (nSPS) is 18.7. The number of anilines is 2. The highest BCUT2D eigenvalue weighted by Gasteiger charge is 2.23. The van der Waals surface area contributed by atoms with Crippen molar-refractivity contribution in [3.8, 4) is 5.75 Å². The van der Waals surface area contributed by atoms with Crippen LogP contribution < -0.4 is 21.5 Å². The maximum Gasteiger partial charge on any atom is 0.120 e. The first-order valence-corrected chi connectivity index (χ1v) is 9.77. The van der Waals surface area contributed by atoms with Crippen LogP contribution in [0.5, 0.6) is 5.75 Å². The Kier molecular flexibility index (Phi) is 6.10. The van der Waals surface area contributed by atoms with Crippen molar-refractivity contribution >= 4 is 23.1 Å². The molecule has 2 aromatic rings. The van der Waals surface area contributed by atoms with Gasteiger partial charge in [-0.05, 0) is 62.2 Å². The van der Waals surface area contributed by atoms with Gasteiger partial charge in [0, 0.05) is 22.3 Å². The largest absolute Gasteiger partial charge is 0.490 e. The lowest BCUT2D eigenvalue weighted by atomic mass is 9.92. The van der Waals surface area contributed by atoms with Crippen molar-refractivity contribution < 1.29 is 4.74 Å². The van der Waals surface area contributed by atoms with Crippen LogP contribution >= 0.6 is 11.8 Å². The highest BCUT2D eigenvalue weighted by molar-refractivity contribution is 7.99. The number of nitrogen functional groups attached to an aromatic ring is 2. The Morgan fingerprint density at radius 1 is 1.16 bits per heavy atom. The minimum Gasteiger partial charge on any atom is -0.490 e. The molecule has 134 valence electrons. The molecule has 0 amide bonds. The average molecular weight is 358 g/mol. The summed E-state index contributed by atoms with van der Waals surface area (Å²) in [4.78, 5) is 2.21. The van der Waals surface area contributed by atoms with E-state index in [1.807, 2.05) is 30.3 Å². The Labute approximate surface area is 154 Å². The van der Waals surface area contributed by atoms with Gasteiger partial charge in [-0.15, -0.1) is 0 Å². The predicted molar refractivity (Wildman–Crippen MR) is 106 cm³/mol. The molecular formula is C20H27N3OS. The van der Waals surface area contributed by atoms with Gasteiger partial charge in [-0.3, -0.25) is 0 Å². The molecule has 1 saturated heterocycles. The van der Waals surface area contributed by atoms with Crippen molar-refractivity contribution in [1.29, 1.82) is 0 Å². The molecule has 0 spiro atoms. The third-order valence-electron chi connectivity index (χ3n) is 4.65. The van der Waals surface area contributed by atoms with E-state index in [1.54, 1.807) is 11.8 Å². The minimum absolute atomic E-state index is 0.264. The minimum atomic E-state index is 0.264. The van der Waals surface area contributed by atoms with Crippen molar-refractivity contribution in [3.05, 3.63) is 42.5 Å². The number of nitrogens with two attached hydrogens (primary N) is 2. The molecule has 1 fully saturated rings.